The van der Waals surface area contributed by atoms with Crippen LogP contribution < -0.4 is 5.32 Å². The van der Waals surface area contributed by atoms with Crippen LogP contribution in [0.2, 0.25) is 0 Å². The van der Waals surface area contributed by atoms with Crippen LogP contribution in [0.1, 0.15) is 35.2 Å². The zero-order valence-corrected chi connectivity index (χ0v) is 12.2. The van der Waals surface area contributed by atoms with Crippen molar-refractivity contribution in [2.75, 3.05) is 19.1 Å². The molecule has 1 rings (SSSR count). The molecule has 0 aliphatic heterocycles. The molecule has 0 aromatic carbocycles. The van der Waals surface area contributed by atoms with E-state index in [1.807, 2.05) is 11.8 Å². The standard InChI is InChI=1S/C13H21NO3S/c1-9(5-6-18-4)14-8-11-7-12(10(2)17-11)13(15)16-3/h7,9,14H,5-6,8H2,1-4H3. The lowest BCUT2D eigenvalue weighted by molar-refractivity contribution is 0.0599. The second-order valence-corrected chi connectivity index (χ2v) is 5.22. The number of aryl methyl sites for hydroxylation is 1. The van der Waals surface area contributed by atoms with Gasteiger partial charge in [0.25, 0.3) is 0 Å². The maximum Gasteiger partial charge on any atom is 0.341 e. The van der Waals surface area contributed by atoms with Crippen molar-refractivity contribution in [3.63, 3.8) is 0 Å². The van der Waals surface area contributed by atoms with Crippen molar-refractivity contribution in [1.29, 1.82) is 0 Å². The van der Waals surface area contributed by atoms with Crippen LogP contribution in [0.25, 0.3) is 0 Å². The second-order valence-electron chi connectivity index (χ2n) is 4.24. The number of carbonyl (C=O) groups excluding carboxylic acids is 1. The number of hydrogen-bond acceptors (Lipinski definition) is 5. The third kappa shape index (κ3) is 4.38. The van der Waals surface area contributed by atoms with Crippen LogP contribution in [0.3, 0.4) is 0 Å². The minimum atomic E-state index is -0.349. The summed E-state index contributed by atoms with van der Waals surface area (Å²) in [5.74, 6) is 2.16. The molecule has 1 unspecified atom stereocenters. The summed E-state index contributed by atoms with van der Waals surface area (Å²) in [7, 11) is 1.37. The number of carbonyl (C=O) groups is 1. The molecule has 4 nitrogen and oxygen atoms in total. The number of ether oxygens (including phenoxy) is 1. The van der Waals surface area contributed by atoms with Gasteiger partial charge in [-0.25, -0.2) is 4.79 Å². The highest BCUT2D eigenvalue weighted by atomic mass is 32.2. The van der Waals surface area contributed by atoms with Crippen LogP contribution >= 0.6 is 11.8 Å². The molecule has 1 N–H and O–H groups in total. The van der Waals surface area contributed by atoms with Gasteiger partial charge in [0.15, 0.2) is 0 Å². The zero-order chi connectivity index (χ0) is 13.5. The lowest BCUT2D eigenvalue weighted by Gasteiger charge is -2.11. The van der Waals surface area contributed by atoms with Crippen LogP contribution in [0.15, 0.2) is 10.5 Å². The molecule has 1 atom stereocenters. The van der Waals surface area contributed by atoms with Gasteiger partial charge in [0.2, 0.25) is 0 Å². The average Bonchev–Trinajstić information content (AvgIpc) is 2.74. The number of nitrogens with one attached hydrogen (secondary N) is 1. The molecule has 0 fully saturated rings. The van der Waals surface area contributed by atoms with E-state index in [9.17, 15) is 4.79 Å². The van der Waals surface area contributed by atoms with Crippen molar-refractivity contribution in [2.24, 2.45) is 0 Å². The molecule has 0 bridgehead atoms. The van der Waals surface area contributed by atoms with E-state index in [1.54, 1.807) is 13.0 Å². The highest BCUT2D eigenvalue weighted by molar-refractivity contribution is 7.98. The molecule has 1 heterocycles. The molecule has 0 aliphatic carbocycles. The third-order valence-corrected chi connectivity index (χ3v) is 3.40. The zero-order valence-electron chi connectivity index (χ0n) is 11.4. The molecular formula is C13H21NO3S. The van der Waals surface area contributed by atoms with E-state index in [-0.39, 0.29) is 5.97 Å². The Labute approximate surface area is 112 Å². The molecule has 1 aromatic heterocycles. The van der Waals surface area contributed by atoms with E-state index in [0.29, 0.717) is 23.9 Å². The minimum Gasteiger partial charge on any atom is -0.465 e. The van der Waals surface area contributed by atoms with Crippen LogP contribution in [-0.4, -0.2) is 31.1 Å². The van der Waals surface area contributed by atoms with Gasteiger partial charge >= 0.3 is 5.97 Å². The van der Waals surface area contributed by atoms with Crippen molar-refractivity contribution in [1.82, 2.24) is 5.32 Å². The molecule has 0 amide bonds. The highest BCUT2D eigenvalue weighted by Gasteiger charge is 2.15. The van der Waals surface area contributed by atoms with Crippen molar-refractivity contribution >= 4 is 17.7 Å². The maximum absolute atomic E-state index is 11.4. The quantitative estimate of drug-likeness (QED) is 0.773. The van der Waals surface area contributed by atoms with E-state index >= 15 is 0 Å². The van der Waals surface area contributed by atoms with Gasteiger partial charge in [0, 0.05) is 6.04 Å². The Hall–Kier alpha value is -0.940. The van der Waals surface area contributed by atoms with Gasteiger partial charge in [-0.3, -0.25) is 0 Å². The fourth-order valence-corrected chi connectivity index (χ4v) is 2.20. The van der Waals surface area contributed by atoms with E-state index < -0.39 is 0 Å². The molecule has 102 valence electrons. The molecule has 0 radical (unpaired) electrons. The first-order valence-corrected chi connectivity index (χ1v) is 7.37. The molecule has 0 saturated carbocycles. The number of thioether (sulfide) groups is 1. The lowest BCUT2D eigenvalue weighted by Crippen LogP contribution is -2.25. The van der Waals surface area contributed by atoms with Gasteiger partial charge in [-0.2, -0.15) is 11.8 Å². The summed E-state index contributed by atoms with van der Waals surface area (Å²) >= 11 is 1.84. The van der Waals surface area contributed by atoms with Crippen LogP contribution in [0.4, 0.5) is 0 Å². The summed E-state index contributed by atoms with van der Waals surface area (Å²) in [4.78, 5) is 11.4. The monoisotopic (exact) mass is 271 g/mol. The van der Waals surface area contributed by atoms with Gasteiger partial charge in [0.1, 0.15) is 17.1 Å². The molecule has 0 aliphatic rings. The SMILES string of the molecule is COC(=O)c1cc(CNC(C)CCSC)oc1C. The predicted molar refractivity (Wildman–Crippen MR) is 74.1 cm³/mol. The first-order chi connectivity index (χ1) is 8.58. The fraction of sp³-hybridized carbons (Fsp3) is 0.615. The molecule has 18 heavy (non-hydrogen) atoms. The van der Waals surface area contributed by atoms with Gasteiger partial charge < -0.3 is 14.5 Å². The van der Waals surface area contributed by atoms with E-state index in [4.69, 9.17) is 4.42 Å². The summed E-state index contributed by atoms with van der Waals surface area (Å²) in [5, 5.41) is 3.37. The molecule has 0 saturated heterocycles. The van der Waals surface area contributed by atoms with E-state index in [2.05, 4.69) is 23.2 Å². The summed E-state index contributed by atoms with van der Waals surface area (Å²) in [6.07, 6.45) is 3.22. The van der Waals surface area contributed by atoms with Gasteiger partial charge in [-0.05, 0) is 38.3 Å². The number of esters is 1. The van der Waals surface area contributed by atoms with E-state index in [0.717, 1.165) is 17.9 Å². The fourth-order valence-electron chi connectivity index (χ4n) is 1.61. The van der Waals surface area contributed by atoms with Crippen LogP contribution in [0, 0.1) is 6.92 Å². The maximum atomic E-state index is 11.4. The Morgan fingerprint density at radius 1 is 1.61 bits per heavy atom. The molecular weight excluding hydrogens is 250 g/mol. The first-order valence-electron chi connectivity index (χ1n) is 5.98. The van der Waals surface area contributed by atoms with E-state index in [1.165, 1.54) is 7.11 Å². The topological polar surface area (TPSA) is 51.5 Å². The summed E-state index contributed by atoms with van der Waals surface area (Å²) in [6, 6.07) is 2.18. The normalized spacial score (nSPS) is 12.4. The van der Waals surface area contributed by atoms with Gasteiger partial charge in [0.05, 0.1) is 13.7 Å². The van der Waals surface area contributed by atoms with Crippen molar-refractivity contribution in [3.8, 4) is 0 Å². The van der Waals surface area contributed by atoms with Gasteiger partial charge in [-0.15, -0.1) is 0 Å². The Kier molecular flexibility index (Phi) is 6.29. The Morgan fingerprint density at radius 2 is 2.33 bits per heavy atom. The molecule has 0 spiro atoms. The van der Waals surface area contributed by atoms with Crippen molar-refractivity contribution in [2.45, 2.75) is 32.9 Å². The molecule has 5 heteroatoms. The third-order valence-electron chi connectivity index (χ3n) is 2.75. The summed E-state index contributed by atoms with van der Waals surface area (Å²) in [5.41, 5.74) is 0.506. The highest BCUT2D eigenvalue weighted by Crippen LogP contribution is 2.15. The predicted octanol–water partition coefficient (Wildman–Crippen LogP) is 2.61. The summed E-state index contributed by atoms with van der Waals surface area (Å²) < 4.78 is 10.2. The number of furan rings is 1. The summed E-state index contributed by atoms with van der Waals surface area (Å²) in [6.45, 7) is 4.55. The number of methoxy groups -OCH3 is 1. The average molecular weight is 271 g/mol. The molecule has 1 aromatic rings. The Balaban J connectivity index is 2.50. The number of rotatable bonds is 7. The number of hydrogen-bond donors (Lipinski definition) is 1. The van der Waals surface area contributed by atoms with Crippen molar-refractivity contribution in [3.05, 3.63) is 23.2 Å². The van der Waals surface area contributed by atoms with Crippen LogP contribution in [-0.2, 0) is 11.3 Å². The van der Waals surface area contributed by atoms with Crippen LogP contribution in [0.5, 0.6) is 0 Å². The van der Waals surface area contributed by atoms with Gasteiger partial charge in [-0.1, -0.05) is 0 Å². The van der Waals surface area contributed by atoms with Crippen molar-refractivity contribution < 1.29 is 13.9 Å². The smallest absolute Gasteiger partial charge is 0.341 e. The first kappa shape index (κ1) is 15.1. The second kappa shape index (κ2) is 7.48. The largest absolute Gasteiger partial charge is 0.465 e. The minimum absolute atomic E-state index is 0.349. The lowest BCUT2D eigenvalue weighted by atomic mass is 10.2. The Morgan fingerprint density at radius 3 is 2.94 bits per heavy atom. The Bertz CT molecular complexity index is 390.